The molecule has 0 saturated heterocycles. The molecule has 0 radical (unpaired) electrons. The van der Waals surface area contributed by atoms with Gasteiger partial charge in [-0.2, -0.15) is 0 Å². The lowest BCUT2D eigenvalue weighted by atomic mass is 9.99. The van der Waals surface area contributed by atoms with Crippen LogP contribution in [0.4, 0.5) is 11.4 Å². The van der Waals surface area contributed by atoms with Gasteiger partial charge in [-0.1, -0.05) is 48.5 Å². The highest BCUT2D eigenvalue weighted by molar-refractivity contribution is 6.05. The third-order valence-corrected chi connectivity index (χ3v) is 4.86. The molecule has 28 heavy (non-hydrogen) atoms. The highest BCUT2D eigenvalue weighted by Gasteiger charge is 2.29. The molecule has 0 unspecified atom stereocenters. The van der Waals surface area contributed by atoms with E-state index in [2.05, 4.69) is 22.8 Å². The molecule has 3 aromatic rings. The Morgan fingerprint density at radius 3 is 2.04 bits per heavy atom. The van der Waals surface area contributed by atoms with E-state index in [1.165, 1.54) is 5.56 Å². The van der Waals surface area contributed by atoms with Crippen LogP contribution < -0.4 is 10.6 Å². The first kappa shape index (κ1) is 18.0. The Labute approximate surface area is 164 Å². The van der Waals surface area contributed by atoms with Gasteiger partial charge in [-0.3, -0.25) is 9.59 Å². The summed E-state index contributed by atoms with van der Waals surface area (Å²) in [6, 6.07) is 25.0. The maximum atomic E-state index is 12.8. The highest BCUT2D eigenvalue weighted by Crippen LogP contribution is 2.30. The number of carbonyl (C=O) groups is 2. The van der Waals surface area contributed by atoms with Gasteiger partial charge in [0.2, 0.25) is 5.91 Å². The topological polar surface area (TPSA) is 58.2 Å². The van der Waals surface area contributed by atoms with Crippen LogP contribution in [0.2, 0.25) is 0 Å². The maximum Gasteiger partial charge on any atom is 0.255 e. The van der Waals surface area contributed by atoms with Crippen molar-refractivity contribution in [2.24, 2.45) is 5.92 Å². The van der Waals surface area contributed by atoms with Gasteiger partial charge in [-0.25, -0.2) is 0 Å². The van der Waals surface area contributed by atoms with E-state index in [0.717, 1.165) is 24.1 Å². The first-order chi connectivity index (χ1) is 13.7. The zero-order valence-corrected chi connectivity index (χ0v) is 15.5. The van der Waals surface area contributed by atoms with Crippen molar-refractivity contribution in [1.29, 1.82) is 0 Å². The van der Waals surface area contributed by atoms with Crippen LogP contribution in [0.1, 0.15) is 34.3 Å². The smallest absolute Gasteiger partial charge is 0.255 e. The number of rotatable bonds is 6. The molecule has 4 heteroatoms. The summed E-state index contributed by atoms with van der Waals surface area (Å²) in [5.41, 5.74) is 4.26. The van der Waals surface area contributed by atoms with Crippen molar-refractivity contribution in [2.75, 3.05) is 10.6 Å². The summed E-state index contributed by atoms with van der Waals surface area (Å²) in [5, 5.41) is 5.85. The molecule has 3 aromatic carbocycles. The lowest BCUT2D eigenvalue weighted by molar-refractivity contribution is -0.117. The van der Waals surface area contributed by atoms with E-state index < -0.39 is 0 Å². The highest BCUT2D eigenvalue weighted by atomic mass is 16.2. The fourth-order valence-electron chi connectivity index (χ4n) is 3.14. The van der Waals surface area contributed by atoms with E-state index in [1.807, 2.05) is 54.6 Å². The summed E-state index contributed by atoms with van der Waals surface area (Å²) < 4.78 is 0. The second-order valence-corrected chi connectivity index (χ2v) is 7.11. The Morgan fingerprint density at radius 1 is 0.750 bits per heavy atom. The van der Waals surface area contributed by atoms with Crippen LogP contribution in [0.25, 0.3) is 0 Å². The van der Waals surface area contributed by atoms with Crippen LogP contribution in [0.3, 0.4) is 0 Å². The molecule has 1 saturated carbocycles. The molecule has 0 aromatic heterocycles. The second-order valence-electron chi connectivity index (χ2n) is 7.11. The second kappa shape index (κ2) is 8.09. The Bertz CT molecular complexity index is 977. The molecular formula is C24H22N2O2. The molecule has 0 bridgehead atoms. The SMILES string of the molecule is O=C(Nc1ccc(NC(=O)C2CC2)cc1)c1ccccc1Cc1ccccc1. The molecule has 2 amide bonds. The van der Waals surface area contributed by atoms with Gasteiger partial charge in [0, 0.05) is 22.9 Å². The molecule has 4 rings (SSSR count). The fourth-order valence-corrected chi connectivity index (χ4v) is 3.14. The van der Waals surface area contributed by atoms with Gasteiger partial charge in [0.25, 0.3) is 5.91 Å². The van der Waals surface area contributed by atoms with Crippen molar-refractivity contribution < 1.29 is 9.59 Å². The molecule has 1 aliphatic rings. The average Bonchev–Trinajstić information content (AvgIpc) is 3.56. The third kappa shape index (κ3) is 4.46. The van der Waals surface area contributed by atoms with Crippen LogP contribution in [0, 0.1) is 5.92 Å². The minimum absolute atomic E-state index is 0.0756. The Morgan fingerprint density at radius 2 is 1.36 bits per heavy atom. The molecule has 4 nitrogen and oxygen atoms in total. The Balaban J connectivity index is 1.44. The van der Waals surface area contributed by atoms with Crippen molar-refractivity contribution in [1.82, 2.24) is 0 Å². The number of hydrogen-bond donors (Lipinski definition) is 2. The van der Waals surface area contributed by atoms with Crippen LogP contribution in [0.5, 0.6) is 0 Å². The number of nitrogens with one attached hydrogen (secondary N) is 2. The van der Waals surface area contributed by atoms with E-state index in [9.17, 15) is 9.59 Å². The molecular weight excluding hydrogens is 348 g/mol. The van der Waals surface area contributed by atoms with Gasteiger partial charge < -0.3 is 10.6 Å². The maximum absolute atomic E-state index is 12.8. The molecule has 0 spiro atoms. The standard InChI is InChI=1S/C24H22N2O2/c27-23(18-10-11-18)25-20-12-14-21(15-13-20)26-24(28)22-9-5-4-8-19(22)16-17-6-2-1-3-7-17/h1-9,12-15,18H,10-11,16H2,(H,25,27)(H,26,28). The molecule has 1 fully saturated rings. The number of benzene rings is 3. The molecule has 2 N–H and O–H groups in total. The normalized spacial score (nSPS) is 13.0. The van der Waals surface area contributed by atoms with Gasteiger partial charge in [-0.05, 0) is 60.7 Å². The predicted octanol–water partition coefficient (Wildman–Crippen LogP) is 4.88. The Hall–Kier alpha value is -3.40. The number of anilines is 2. The van der Waals surface area contributed by atoms with Crippen molar-refractivity contribution in [3.8, 4) is 0 Å². The van der Waals surface area contributed by atoms with E-state index in [-0.39, 0.29) is 17.7 Å². The Kier molecular flexibility index (Phi) is 5.20. The largest absolute Gasteiger partial charge is 0.326 e. The van der Waals surface area contributed by atoms with Crippen LogP contribution in [-0.4, -0.2) is 11.8 Å². The van der Waals surface area contributed by atoms with Crippen LogP contribution in [-0.2, 0) is 11.2 Å². The van der Waals surface area contributed by atoms with Crippen LogP contribution in [0.15, 0.2) is 78.9 Å². The zero-order valence-electron chi connectivity index (χ0n) is 15.5. The molecule has 0 heterocycles. The zero-order chi connectivity index (χ0) is 19.3. The summed E-state index contributed by atoms with van der Waals surface area (Å²) >= 11 is 0. The summed E-state index contributed by atoms with van der Waals surface area (Å²) in [6.07, 6.45) is 2.65. The number of carbonyl (C=O) groups excluding carboxylic acids is 2. The quantitative estimate of drug-likeness (QED) is 0.650. The minimum atomic E-state index is -0.138. The van der Waals surface area contributed by atoms with Crippen LogP contribution >= 0.6 is 0 Å². The average molecular weight is 370 g/mol. The lowest BCUT2D eigenvalue weighted by Crippen LogP contribution is -2.15. The van der Waals surface area contributed by atoms with E-state index >= 15 is 0 Å². The van der Waals surface area contributed by atoms with E-state index in [1.54, 1.807) is 12.1 Å². The number of hydrogen-bond acceptors (Lipinski definition) is 2. The van der Waals surface area contributed by atoms with Crippen molar-refractivity contribution in [3.05, 3.63) is 95.6 Å². The molecule has 1 aliphatic carbocycles. The summed E-state index contributed by atoms with van der Waals surface area (Å²) in [5.74, 6) is 0.105. The van der Waals surface area contributed by atoms with Gasteiger partial charge in [0.15, 0.2) is 0 Å². The van der Waals surface area contributed by atoms with Crippen molar-refractivity contribution >= 4 is 23.2 Å². The van der Waals surface area contributed by atoms with E-state index in [4.69, 9.17) is 0 Å². The van der Waals surface area contributed by atoms with Crippen molar-refractivity contribution in [2.45, 2.75) is 19.3 Å². The third-order valence-electron chi connectivity index (χ3n) is 4.86. The molecule has 0 aliphatic heterocycles. The van der Waals surface area contributed by atoms with Gasteiger partial charge in [-0.15, -0.1) is 0 Å². The lowest BCUT2D eigenvalue weighted by Gasteiger charge is -2.11. The monoisotopic (exact) mass is 370 g/mol. The first-order valence-electron chi connectivity index (χ1n) is 9.53. The predicted molar refractivity (Wildman–Crippen MR) is 111 cm³/mol. The summed E-state index contributed by atoms with van der Waals surface area (Å²) in [6.45, 7) is 0. The minimum Gasteiger partial charge on any atom is -0.326 e. The van der Waals surface area contributed by atoms with Crippen molar-refractivity contribution in [3.63, 3.8) is 0 Å². The van der Waals surface area contributed by atoms with Gasteiger partial charge >= 0.3 is 0 Å². The molecule has 140 valence electrons. The first-order valence-corrected chi connectivity index (χ1v) is 9.53. The van der Waals surface area contributed by atoms with Gasteiger partial charge in [0.05, 0.1) is 0 Å². The summed E-state index contributed by atoms with van der Waals surface area (Å²) in [7, 11) is 0. The van der Waals surface area contributed by atoms with Gasteiger partial charge in [0.1, 0.15) is 0 Å². The fraction of sp³-hybridized carbons (Fsp3) is 0.167. The molecule has 0 atom stereocenters. The van der Waals surface area contributed by atoms with E-state index in [0.29, 0.717) is 17.7 Å². The summed E-state index contributed by atoms with van der Waals surface area (Å²) in [4.78, 5) is 24.6. The number of amides is 2.